The summed E-state index contributed by atoms with van der Waals surface area (Å²) in [6.45, 7) is 6.60. The number of amides is 2. The summed E-state index contributed by atoms with van der Waals surface area (Å²) in [6, 6.07) is 7.68. The van der Waals surface area contributed by atoms with Crippen LogP contribution in [0.1, 0.15) is 48.6 Å². The largest absolute Gasteiger partial charge is 0.350 e. The predicted molar refractivity (Wildman–Crippen MR) is 118 cm³/mol. The third kappa shape index (κ3) is 4.51. The number of aromatic amines is 1. The van der Waals surface area contributed by atoms with E-state index in [1.54, 1.807) is 30.1 Å². The molecule has 3 heterocycles. The summed E-state index contributed by atoms with van der Waals surface area (Å²) >= 11 is 1.62. The summed E-state index contributed by atoms with van der Waals surface area (Å²) in [5.74, 6) is 0.524. The van der Waals surface area contributed by atoms with Gasteiger partial charge in [0.25, 0.3) is 0 Å². The fourth-order valence-electron chi connectivity index (χ4n) is 3.89. The molecular formula is C22H26N6O2S. The molecule has 1 aliphatic rings. The van der Waals surface area contributed by atoms with Crippen molar-refractivity contribution in [3.63, 3.8) is 0 Å². The first-order chi connectivity index (χ1) is 14.9. The highest BCUT2D eigenvalue weighted by Crippen LogP contribution is 2.27. The van der Waals surface area contributed by atoms with E-state index in [2.05, 4.69) is 37.6 Å². The van der Waals surface area contributed by atoms with E-state index < -0.39 is 12.0 Å². The van der Waals surface area contributed by atoms with Crippen molar-refractivity contribution in [2.75, 3.05) is 6.54 Å². The lowest BCUT2D eigenvalue weighted by atomic mass is 10.1. The molecule has 1 fully saturated rings. The standard InChI is InChI=1S/C22H26N6O2S/c1-13(20-25-15(3)26-27-20)22(30)28-10-4-5-18(28)21(29)23-11-16-6-8-17(9-7-16)19-14(2)24-12-31-19/h6-9,12-13,18H,4-5,10-11H2,1-3H3,(H,23,29)(H,25,26,27). The molecule has 2 amide bonds. The average molecular weight is 439 g/mol. The van der Waals surface area contributed by atoms with Gasteiger partial charge in [0.2, 0.25) is 11.8 Å². The van der Waals surface area contributed by atoms with Crippen molar-refractivity contribution in [2.45, 2.75) is 52.1 Å². The first kappa shape index (κ1) is 21.2. The van der Waals surface area contributed by atoms with Gasteiger partial charge in [-0.05, 0) is 44.7 Å². The van der Waals surface area contributed by atoms with Crippen molar-refractivity contribution in [1.82, 2.24) is 30.4 Å². The average Bonchev–Trinajstić information content (AvgIpc) is 3.52. The third-order valence-electron chi connectivity index (χ3n) is 5.66. The minimum absolute atomic E-state index is 0.0990. The zero-order valence-electron chi connectivity index (χ0n) is 17.9. The van der Waals surface area contributed by atoms with E-state index in [4.69, 9.17) is 0 Å². The van der Waals surface area contributed by atoms with Crippen LogP contribution in [0.15, 0.2) is 29.8 Å². The number of likely N-dealkylation sites (tertiary alicyclic amines) is 1. The highest BCUT2D eigenvalue weighted by Gasteiger charge is 2.37. The van der Waals surface area contributed by atoms with E-state index in [1.807, 2.05) is 24.6 Å². The summed E-state index contributed by atoms with van der Waals surface area (Å²) in [6.07, 6.45) is 1.48. The lowest BCUT2D eigenvalue weighted by Crippen LogP contribution is -2.47. The molecule has 162 valence electrons. The quantitative estimate of drug-likeness (QED) is 0.616. The molecule has 2 N–H and O–H groups in total. The van der Waals surface area contributed by atoms with Crippen LogP contribution in [0.4, 0.5) is 0 Å². The molecule has 0 saturated carbocycles. The molecule has 0 bridgehead atoms. The van der Waals surface area contributed by atoms with E-state index >= 15 is 0 Å². The van der Waals surface area contributed by atoms with Crippen molar-refractivity contribution in [2.24, 2.45) is 0 Å². The van der Waals surface area contributed by atoms with Crippen LogP contribution >= 0.6 is 11.3 Å². The van der Waals surface area contributed by atoms with Gasteiger partial charge in [0.1, 0.15) is 17.7 Å². The number of rotatable bonds is 6. The number of hydrogen-bond acceptors (Lipinski definition) is 6. The Morgan fingerprint density at radius 2 is 2.03 bits per heavy atom. The molecule has 4 rings (SSSR count). The Kier molecular flexibility index (Phi) is 6.13. The van der Waals surface area contributed by atoms with Crippen LogP contribution in [-0.4, -0.2) is 49.5 Å². The van der Waals surface area contributed by atoms with Gasteiger partial charge >= 0.3 is 0 Å². The lowest BCUT2D eigenvalue weighted by molar-refractivity contribution is -0.139. The first-order valence-corrected chi connectivity index (χ1v) is 11.3. The summed E-state index contributed by atoms with van der Waals surface area (Å²) in [7, 11) is 0. The summed E-state index contributed by atoms with van der Waals surface area (Å²) < 4.78 is 0. The molecule has 1 saturated heterocycles. The van der Waals surface area contributed by atoms with E-state index in [1.165, 1.54) is 0 Å². The van der Waals surface area contributed by atoms with Crippen molar-refractivity contribution in [3.8, 4) is 10.4 Å². The maximum absolute atomic E-state index is 13.0. The molecule has 31 heavy (non-hydrogen) atoms. The van der Waals surface area contributed by atoms with E-state index in [0.717, 1.165) is 28.1 Å². The number of nitrogens with zero attached hydrogens (tertiary/aromatic N) is 4. The number of nitrogens with one attached hydrogen (secondary N) is 2. The first-order valence-electron chi connectivity index (χ1n) is 10.4. The van der Waals surface area contributed by atoms with E-state index in [0.29, 0.717) is 31.2 Å². The molecule has 2 aromatic heterocycles. The number of thiazole rings is 1. The lowest BCUT2D eigenvalue weighted by Gasteiger charge is -2.26. The van der Waals surface area contributed by atoms with Crippen LogP contribution < -0.4 is 5.32 Å². The van der Waals surface area contributed by atoms with Crippen molar-refractivity contribution >= 4 is 23.2 Å². The minimum atomic E-state index is -0.461. The number of benzene rings is 1. The highest BCUT2D eigenvalue weighted by molar-refractivity contribution is 7.13. The molecule has 8 nitrogen and oxygen atoms in total. The number of carbonyl (C=O) groups is 2. The Hall–Kier alpha value is -3.07. The molecule has 0 spiro atoms. The second kappa shape index (κ2) is 8.97. The topological polar surface area (TPSA) is 104 Å². The van der Waals surface area contributed by atoms with Gasteiger partial charge in [0.15, 0.2) is 0 Å². The Morgan fingerprint density at radius 1 is 1.26 bits per heavy atom. The SMILES string of the molecule is Cc1nnc(C(C)C(=O)N2CCCC2C(=O)NCc2ccc(-c3scnc3C)cc2)[nH]1. The molecule has 1 aliphatic heterocycles. The number of aromatic nitrogens is 4. The van der Waals surface area contributed by atoms with E-state index in [-0.39, 0.29) is 11.8 Å². The molecule has 0 radical (unpaired) electrons. The van der Waals surface area contributed by atoms with E-state index in [9.17, 15) is 9.59 Å². The second-order valence-electron chi connectivity index (χ2n) is 7.89. The fraction of sp³-hybridized carbons (Fsp3) is 0.409. The third-order valence-corrected chi connectivity index (χ3v) is 6.64. The monoisotopic (exact) mass is 438 g/mol. The molecule has 3 aromatic rings. The maximum atomic E-state index is 13.0. The van der Waals surface area contributed by atoms with Crippen molar-refractivity contribution in [3.05, 3.63) is 52.7 Å². The molecule has 2 atom stereocenters. The fourth-order valence-corrected chi connectivity index (χ4v) is 4.70. The Bertz CT molecular complexity index is 1070. The van der Waals surface area contributed by atoms with Gasteiger partial charge in [0, 0.05) is 13.1 Å². The number of carbonyl (C=O) groups excluding carboxylic acids is 2. The van der Waals surface area contributed by atoms with Gasteiger partial charge in [-0.1, -0.05) is 24.3 Å². The minimum Gasteiger partial charge on any atom is -0.350 e. The van der Waals surface area contributed by atoms with Crippen LogP contribution in [0.5, 0.6) is 0 Å². The molecule has 2 unspecified atom stereocenters. The molecule has 0 aliphatic carbocycles. The van der Waals surface area contributed by atoms with Gasteiger partial charge < -0.3 is 15.2 Å². The normalized spacial score (nSPS) is 17.0. The summed E-state index contributed by atoms with van der Waals surface area (Å²) in [4.78, 5) is 36.0. The van der Waals surface area contributed by atoms with Crippen molar-refractivity contribution < 1.29 is 9.59 Å². The Balaban J connectivity index is 1.36. The Morgan fingerprint density at radius 3 is 2.68 bits per heavy atom. The maximum Gasteiger partial charge on any atom is 0.243 e. The summed E-state index contributed by atoms with van der Waals surface area (Å²) in [5.41, 5.74) is 5.00. The van der Waals surface area contributed by atoms with Crippen LogP contribution in [0, 0.1) is 13.8 Å². The van der Waals surface area contributed by atoms with Gasteiger partial charge in [0.05, 0.1) is 22.0 Å². The van der Waals surface area contributed by atoms with Crippen LogP contribution in [0.3, 0.4) is 0 Å². The number of aryl methyl sites for hydroxylation is 2. The second-order valence-corrected chi connectivity index (χ2v) is 8.74. The van der Waals surface area contributed by atoms with Crippen LogP contribution in [-0.2, 0) is 16.1 Å². The number of hydrogen-bond donors (Lipinski definition) is 2. The number of H-pyrrole nitrogens is 1. The van der Waals surface area contributed by atoms with Gasteiger partial charge in [-0.15, -0.1) is 21.5 Å². The molecule has 1 aromatic carbocycles. The Labute approximate surface area is 185 Å². The molecular weight excluding hydrogens is 412 g/mol. The van der Waals surface area contributed by atoms with Gasteiger partial charge in [-0.3, -0.25) is 9.59 Å². The summed E-state index contributed by atoms with van der Waals surface area (Å²) in [5, 5.41) is 11.0. The zero-order chi connectivity index (χ0) is 22.0. The molecule has 9 heteroatoms. The van der Waals surface area contributed by atoms with Crippen LogP contribution in [0.2, 0.25) is 0 Å². The highest BCUT2D eigenvalue weighted by atomic mass is 32.1. The van der Waals surface area contributed by atoms with Crippen molar-refractivity contribution in [1.29, 1.82) is 0 Å². The smallest absolute Gasteiger partial charge is 0.243 e. The van der Waals surface area contributed by atoms with Crippen LogP contribution in [0.25, 0.3) is 10.4 Å². The van der Waals surface area contributed by atoms with Gasteiger partial charge in [-0.25, -0.2) is 4.98 Å². The zero-order valence-corrected chi connectivity index (χ0v) is 18.7. The predicted octanol–water partition coefficient (Wildman–Crippen LogP) is 2.96. The van der Waals surface area contributed by atoms with Gasteiger partial charge in [-0.2, -0.15) is 0 Å².